The highest BCUT2D eigenvalue weighted by Crippen LogP contribution is 2.33. The molecule has 3 aromatic rings. The second-order valence-electron chi connectivity index (χ2n) is 9.10. The quantitative estimate of drug-likeness (QED) is 0.444. The number of nitrogens with zero attached hydrogens (tertiary/aromatic N) is 2. The number of carbonyl (C=O) groups is 3. The predicted octanol–water partition coefficient (Wildman–Crippen LogP) is 4.60. The van der Waals surface area contributed by atoms with Gasteiger partial charge in [0.2, 0.25) is 5.91 Å². The number of hydrogen-bond donors (Lipinski definition) is 2. The maximum absolute atomic E-state index is 14.2. The Hall–Kier alpha value is -3.63. The Morgan fingerprint density at radius 1 is 1.13 bits per heavy atom. The molecule has 2 aliphatic heterocycles. The molecule has 5 rings (SSSR count). The molecule has 3 heterocycles. The van der Waals surface area contributed by atoms with Crippen LogP contribution >= 0.6 is 22.9 Å². The number of likely N-dealkylation sites (tertiary alicyclic amines) is 1. The number of rotatable bonds is 7. The maximum atomic E-state index is 14.2. The molecule has 2 aliphatic rings. The molecule has 1 saturated heterocycles. The molecule has 2 N–H and O–H groups in total. The second kappa shape index (κ2) is 11.0. The molecule has 0 bridgehead atoms. The first-order chi connectivity index (χ1) is 18.3. The van der Waals surface area contributed by atoms with Gasteiger partial charge in [-0.05, 0) is 48.7 Å². The van der Waals surface area contributed by atoms with E-state index in [1.165, 1.54) is 22.3 Å². The van der Waals surface area contributed by atoms with Gasteiger partial charge in [0, 0.05) is 36.8 Å². The highest BCUT2D eigenvalue weighted by molar-refractivity contribution is 7.16. The van der Waals surface area contributed by atoms with Crippen LogP contribution in [0.1, 0.15) is 39.7 Å². The minimum Gasteiger partial charge on any atom is -0.472 e. The Balaban J connectivity index is 1.26. The first-order valence-corrected chi connectivity index (χ1v) is 13.4. The molecule has 198 valence electrons. The molecule has 1 unspecified atom stereocenters. The summed E-state index contributed by atoms with van der Waals surface area (Å²) in [6.45, 7) is 1.33. The van der Waals surface area contributed by atoms with Crippen molar-refractivity contribution in [2.75, 3.05) is 37.1 Å². The number of halogens is 2. The second-order valence-corrected chi connectivity index (χ2v) is 10.8. The van der Waals surface area contributed by atoms with Gasteiger partial charge >= 0.3 is 0 Å². The summed E-state index contributed by atoms with van der Waals surface area (Å²) in [7, 11) is 1.59. The van der Waals surface area contributed by atoms with Crippen molar-refractivity contribution >= 4 is 52.0 Å². The maximum Gasteiger partial charge on any atom is 0.264 e. The summed E-state index contributed by atoms with van der Waals surface area (Å²) >= 11 is 7.37. The van der Waals surface area contributed by atoms with E-state index in [-0.39, 0.29) is 42.1 Å². The van der Waals surface area contributed by atoms with Crippen LogP contribution in [-0.4, -0.2) is 49.5 Å². The molecule has 1 aromatic heterocycles. The number of amides is 3. The molecule has 2 aromatic carbocycles. The van der Waals surface area contributed by atoms with Gasteiger partial charge in [-0.2, -0.15) is 0 Å². The number of hydrogen-bond acceptors (Lipinski definition) is 6. The third-order valence-electron chi connectivity index (χ3n) is 6.62. The summed E-state index contributed by atoms with van der Waals surface area (Å²) in [4.78, 5) is 43.0. The third-order valence-corrected chi connectivity index (χ3v) is 7.92. The van der Waals surface area contributed by atoms with Crippen molar-refractivity contribution in [3.05, 3.63) is 74.7 Å². The van der Waals surface area contributed by atoms with Crippen LogP contribution in [0, 0.1) is 5.82 Å². The van der Waals surface area contributed by atoms with Crippen molar-refractivity contribution in [3.8, 4) is 5.75 Å². The highest BCUT2D eigenvalue weighted by Gasteiger charge is 2.31. The smallest absolute Gasteiger partial charge is 0.264 e. The van der Waals surface area contributed by atoms with E-state index in [1.807, 2.05) is 0 Å². The van der Waals surface area contributed by atoms with Crippen molar-refractivity contribution in [3.63, 3.8) is 0 Å². The summed E-state index contributed by atoms with van der Waals surface area (Å²) in [5.41, 5.74) is 1.65. The van der Waals surface area contributed by atoms with Crippen molar-refractivity contribution in [1.29, 1.82) is 0 Å². The Kier molecular flexibility index (Phi) is 7.53. The normalized spacial score (nSPS) is 15.6. The summed E-state index contributed by atoms with van der Waals surface area (Å²) in [6.07, 6.45) is 1.95. The van der Waals surface area contributed by atoms with Gasteiger partial charge in [-0.25, -0.2) is 4.39 Å². The van der Waals surface area contributed by atoms with E-state index in [0.29, 0.717) is 39.3 Å². The molecule has 38 heavy (non-hydrogen) atoms. The first-order valence-electron chi connectivity index (χ1n) is 12.2. The SMILES string of the molecule is CNc1cc2c(cc1F)C(=O)N(c1ccc(CC(=O)NC(C(=O)N3CCCC3)c3ccc(Cl)s3)cc1)CO2. The fourth-order valence-electron chi connectivity index (χ4n) is 4.61. The molecular weight excluding hydrogens is 531 g/mol. The van der Waals surface area contributed by atoms with Crippen LogP contribution in [-0.2, 0) is 16.0 Å². The van der Waals surface area contributed by atoms with E-state index in [2.05, 4.69) is 10.6 Å². The lowest BCUT2D eigenvalue weighted by Gasteiger charge is -2.29. The Morgan fingerprint density at radius 3 is 2.53 bits per heavy atom. The Labute approximate surface area is 228 Å². The molecule has 0 aliphatic carbocycles. The van der Waals surface area contributed by atoms with Gasteiger partial charge in [-0.1, -0.05) is 23.7 Å². The Bertz CT molecular complexity index is 1370. The highest BCUT2D eigenvalue weighted by atomic mass is 35.5. The van der Waals surface area contributed by atoms with Gasteiger partial charge in [0.1, 0.15) is 17.6 Å². The monoisotopic (exact) mass is 556 g/mol. The fourth-order valence-corrected chi connectivity index (χ4v) is 5.72. The molecule has 1 atom stereocenters. The van der Waals surface area contributed by atoms with Crippen LogP contribution in [0.25, 0.3) is 0 Å². The summed E-state index contributed by atoms with van der Waals surface area (Å²) in [5.74, 6) is -1.04. The molecule has 3 amide bonds. The van der Waals surface area contributed by atoms with Crippen LogP contribution in [0.15, 0.2) is 48.5 Å². The minimum atomic E-state index is -0.788. The topological polar surface area (TPSA) is 91.0 Å². The van der Waals surface area contributed by atoms with Crippen LogP contribution in [0.5, 0.6) is 5.75 Å². The zero-order valence-corrected chi connectivity index (χ0v) is 22.2. The molecule has 1 fully saturated rings. The van der Waals surface area contributed by atoms with E-state index in [4.69, 9.17) is 16.3 Å². The lowest BCUT2D eigenvalue weighted by molar-refractivity contribution is -0.135. The zero-order chi connectivity index (χ0) is 26.8. The average Bonchev–Trinajstić information content (AvgIpc) is 3.60. The number of benzene rings is 2. The minimum absolute atomic E-state index is 0.0237. The van der Waals surface area contributed by atoms with Crippen LogP contribution in [0.2, 0.25) is 4.34 Å². The average molecular weight is 557 g/mol. The van der Waals surface area contributed by atoms with Gasteiger partial charge in [0.05, 0.1) is 22.0 Å². The number of ether oxygens (including phenoxy) is 1. The number of thiophene rings is 1. The lowest BCUT2D eigenvalue weighted by Crippen LogP contribution is -2.42. The van der Waals surface area contributed by atoms with Crippen LogP contribution in [0.4, 0.5) is 15.8 Å². The predicted molar refractivity (Wildman–Crippen MR) is 144 cm³/mol. The standard InChI is InChI=1S/C27H26ClFN4O4S/c1-30-20-14-21-18(13-19(20)29)26(35)33(15-37-21)17-6-4-16(5-7-17)12-24(34)31-25(22-8-9-23(28)38-22)27(36)32-10-2-3-11-32/h4-9,13-14,25,30H,2-3,10-12,15H2,1H3,(H,31,34). The molecule has 0 spiro atoms. The molecule has 0 saturated carbocycles. The Morgan fingerprint density at radius 2 is 1.87 bits per heavy atom. The van der Waals surface area contributed by atoms with E-state index in [9.17, 15) is 18.8 Å². The lowest BCUT2D eigenvalue weighted by atomic mass is 10.1. The fraction of sp³-hybridized carbons (Fsp3) is 0.296. The summed E-state index contributed by atoms with van der Waals surface area (Å²) in [6, 6.07) is 12.2. The molecule has 11 heteroatoms. The van der Waals surface area contributed by atoms with Crippen LogP contribution in [0.3, 0.4) is 0 Å². The molecule has 8 nitrogen and oxygen atoms in total. The molecular formula is C27H26ClFN4O4S. The summed E-state index contributed by atoms with van der Waals surface area (Å²) < 4.78 is 20.5. The number of fused-ring (bicyclic) bond motifs is 1. The first kappa shape index (κ1) is 26.0. The van der Waals surface area contributed by atoms with E-state index in [1.54, 1.807) is 48.3 Å². The number of nitrogens with one attached hydrogen (secondary N) is 2. The van der Waals surface area contributed by atoms with Crippen LogP contribution < -0.4 is 20.3 Å². The van der Waals surface area contributed by atoms with Gasteiger partial charge < -0.3 is 20.3 Å². The van der Waals surface area contributed by atoms with Crippen molar-refractivity contribution < 1.29 is 23.5 Å². The van der Waals surface area contributed by atoms with Gasteiger partial charge in [-0.3, -0.25) is 19.3 Å². The van der Waals surface area contributed by atoms with E-state index >= 15 is 0 Å². The number of carbonyl (C=O) groups excluding carboxylic acids is 3. The van der Waals surface area contributed by atoms with E-state index in [0.717, 1.165) is 18.9 Å². The van der Waals surface area contributed by atoms with Gasteiger partial charge in [-0.15, -0.1) is 11.3 Å². The van der Waals surface area contributed by atoms with E-state index < -0.39 is 11.9 Å². The zero-order valence-electron chi connectivity index (χ0n) is 20.6. The van der Waals surface area contributed by atoms with Crippen molar-refractivity contribution in [1.82, 2.24) is 10.2 Å². The van der Waals surface area contributed by atoms with Gasteiger partial charge in [0.15, 0.2) is 6.73 Å². The van der Waals surface area contributed by atoms with Gasteiger partial charge in [0.25, 0.3) is 11.8 Å². The largest absolute Gasteiger partial charge is 0.472 e. The summed E-state index contributed by atoms with van der Waals surface area (Å²) in [5, 5.41) is 5.61. The van der Waals surface area contributed by atoms with Crippen molar-refractivity contribution in [2.24, 2.45) is 0 Å². The third kappa shape index (κ3) is 5.32. The molecule has 0 radical (unpaired) electrons. The van der Waals surface area contributed by atoms with Crippen molar-refractivity contribution in [2.45, 2.75) is 25.3 Å². The number of anilines is 2.